The summed E-state index contributed by atoms with van der Waals surface area (Å²) >= 11 is 0. The quantitative estimate of drug-likeness (QED) is 0.449. The predicted molar refractivity (Wildman–Crippen MR) is 147 cm³/mol. The third-order valence-corrected chi connectivity index (χ3v) is 9.48. The van der Waals surface area contributed by atoms with Crippen LogP contribution in [0.4, 0.5) is 5.69 Å². The number of hydrogen-bond acceptors (Lipinski definition) is 5. The first-order chi connectivity index (χ1) is 18.9. The van der Waals surface area contributed by atoms with Crippen molar-refractivity contribution in [3.63, 3.8) is 0 Å². The smallest absolute Gasteiger partial charge is 0.249 e. The minimum Gasteiger partial charge on any atom is -0.396 e. The zero-order chi connectivity index (χ0) is 27.2. The van der Waals surface area contributed by atoms with E-state index in [0.29, 0.717) is 32.5 Å². The van der Waals surface area contributed by atoms with E-state index in [9.17, 15) is 19.5 Å². The number of rotatable bonds is 6. The summed E-state index contributed by atoms with van der Waals surface area (Å²) < 4.78 is 6.92. The average molecular weight is 534 g/mol. The molecule has 4 heterocycles. The highest BCUT2D eigenvalue weighted by Crippen LogP contribution is 2.57. The van der Waals surface area contributed by atoms with E-state index in [0.717, 1.165) is 31.4 Å². The Balaban J connectivity index is 1.43. The summed E-state index contributed by atoms with van der Waals surface area (Å²) in [6.45, 7) is 3.13. The molecular formula is C31H39N3O5. The summed E-state index contributed by atoms with van der Waals surface area (Å²) in [7, 11) is 0. The van der Waals surface area contributed by atoms with E-state index in [-0.39, 0.29) is 30.4 Å². The van der Waals surface area contributed by atoms with E-state index < -0.39 is 29.1 Å². The third kappa shape index (κ3) is 4.14. The van der Waals surface area contributed by atoms with Gasteiger partial charge in [0.05, 0.1) is 17.4 Å². The summed E-state index contributed by atoms with van der Waals surface area (Å²) in [6.07, 6.45) is 14.2. The Bertz CT molecular complexity index is 1180. The molecule has 2 saturated heterocycles. The minimum absolute atomic E-state index is 0.0236. The first-order valence-electron chi connectivity index (χ1n) is 14.5. The van der Waals surface area contributed by atoms with Crippen molar-refractivity contribution in [2.45, 2.75) is 75.2 Å². The van der Waals surface area contributed by atoms with Gasteiger partial charge in [0.25, 0.3) is 0 Å². The van der Waals surface area contributed by atoms with Crippen molar-refractivity contribution in [1.82, 2.24) is 9.80 Å². The first kappa shape index (κ1) is 26.3. The second-order valence-electron chi connectivity index (χ2n) is 11.8. The Morgan fingerprint density at radius 2 is 1.64 bits per heavy atom. The molecule has 1 aromatic carbocycles. The Morgan fingerprint density at radius 1 is 0.897 bits per heavy atom. The standard InChI is InChI=1S/C31H39N3O5/c1-30-16-10-19-32(22-12-4-2-5-13-22)27(36)24(30)25-28(37)34(18-8-9-21-35)26-29(38)33(23-14-6-3-7-15-23)20-11-17-31(25,26)39-30/h2,4-5,10-13,16-17,23-26,35H,3,6-9,14-15,18-21H2,1H3/t24-,25+,26?,30+,31+/m1/s1. The van der Waals surface area contributed by atoms with Gasteiger partial charge in [0.15, 0.2) is 0 Å². The highest BCUT2D eigenvalue weighted by atomic mass is 16.5. The lowest BCUT2D eigenvalue weighted by Crippen LogP contribution is -2.57. The molecule has 3 fully saturated rings. The number of aliphatic hydroxyl groups is 1. The molecule has 1 N–H and O–H groups in total. The number of anilines is 1. The average Bonchev–Trinajstić information content (AvgIpc) is 3.20. The van der Waals surface area contributed by atoms with Gasteiger partial charge < -0.3 is 24.5 Å². The van der Waals surface area contributed by atoms with Crippen LogP contribution in [-0.4, -0.2) is 82.2 Å². The van der Waals surface area contributed by atoms with Gasteiger partial charge in [-0.15, -0.1) is 0 Å². The van der Waals surface area contributed by atoms with Crippen molar-refractivity contribution in [1.29, 1.82) is 0 Å². The van der Waals surface area contributed by atoms with Crippen LogP contribution in [0.5, 0.6) is 0 Å². The lowest BCUT2D eigenvalue weighted by Gasteiger charge is -2.40. The lowest BCUT2D eigenvalue weighted by molar-refractivity contribution is -0.152. The van der Waals surface area contributed by atoms with E-state index in [1.807, 2.05) is 66.5 Å². The summed E-state index contributed by atoms with van der Waals surface area (Å²) in [6, 6.07) is 8.83. The van der Waals surface area contributed by atoms with Crippen LogP contribution in [0.15, 0.2) is 54.6 Å². The fraction of sp³-hybridized carbons (Fsp3) is 0.581. The number of aliphatic hydroxyl groups excluding tert-OH is 1. The van der Waals surface area contributed by atoms with Crippen LogP contribution < -0.4 is 4.90 Å². The molecule has 6 rings (SSSR count). The topological polar surface area (TPSA) is 90.4 Å². The predicted octanol–water partition coefficient (Wildman–Crippen LogP) is 3.06. The molecule has 1 aromatic rings. The summed E-state index contributed by atoms with van der Waals surface area (Å²) in [4.78, 5) is 48.5. The molecule has 5 aliphatic rings. The van der Waals surface area contributed by atoms with E-state index in [4.69, 9.17) is 4.74 Å². The lowest BCUT2D eigenvalue weighted by atomic mass is 9.74. The summed E-state index contributed by atoms with van der Waals surface area (Å²) in [5.74, 6) is -2.02. The maximum absolute atomic E-state index is 14.4. The van der Waals surface area contributed by atoms with Crippen LogP contribution in [0.25, 0.3) is 0 Å². The molecule has 0 aromatic heterocycles. The monoisotopic (exact) mass is 533 g/mol. The van der Waals surface area contributed by atoms with Crippen molar-refractivity contribution in [2.24, 2.45) is 11.8 Å². The third-order valence-electron chi connectivity index (χ3n) is 9.48. The van der Waals surface area contributed by atoms with Crippen molar-refractivity contribution in [3.05, 3.63) is 54.6 Å². The number of amides is 3. The van der Waals surface area contributed by atoms with Crippen molar-refractivity contribution < 1.29 is 24.2 Å². The second-order valence-corrected chi connectivity index (χ2v) is 11.8. The van der Waals surface area contributed by atoms with Crippen LogP contribution >= 0.6 is 0 Å². The Kier molecular flexibility index (Phi) is 6.88. The number of unbranched alkanes of at least 4 members (excludes halogenated alkanes) is 1. The molecule has 3 amide bonds. The highest BCUT2D eigenvalue weighted by molar-refractivity contribution is 6.04. The molecule has 0 radical (unpaired) electrons. The molecule has 0 bridgehead atoms. The largest absolute Gasteiger partial charge is 0.396 e. The van der Waals surface area contributed by atoms with Gasteiger partial charge in [-0.25, -0.2) is 0 Å². The van der Waals surface area contributed by atoms with Crippen molar-refractivity contribution in [2.75, 3.05) is 31.1 Å². The van der Waals surface area contributed by atoms with Gasteiger partial charge >= 0.3 is 0 Å². The number of benzene rings is 1. The van der Waals surface area contributed by atoms with Crippen molar-refractivity contribution in [3.8, 4) is 0 Å². The van der Waals surface area contributed by atoms with Crippen LogP contribution in [0.1, 0.15) is 51.9 Å². The highest BCUT2D eigenvalue weighted by Gasteiger charge is 2.74. The normalized spacial score (nSPS) is 34.7. The number of ether oxygens (including phenoxy) is 1. The first-order valence-corrected chi connectivity index (χ1v) is 14.5. The molecule has 1 aliphatic carbocycles. The number of para-hydroxylation sites is 1. The van der Waals surface area contributed by atoms with Crippen LogP contribution in [0.3, 0.4) is 0 Å². The number of fused-ring (bicyclic) bond motifs is 2. The zero-order valence-electron chi connectivity index (χ0n) is 22.7. The minimum atomic E-state index is -1.23. The Labute approximate surface area is 230 Å². The number of carbonyl (C=O) groups is 3. The SMILES string of the molecule is C[C@]12C=CCN(c3ccccc3)C(=O)[C@H]1[C@H]1C(=O)N(CCCCO)C3C(=O)N(C4CCCCC4)CC=C[C@@]31O2. The maximum atomic E-state index is 14.4. The second kappa shape index (κ2) is 10.2. The van der Waals surface area contributed by atoms with Gasteiger partial charge in [-0.1, -0.05) is 61.8 Å². The Hall–Kier alpha value is -2.97. The molecule has 1 spiro atoms. The molecule has 39 heavy (non-hydrogen) atoms. The van der Waals surface area contributed by atoms with E-state index in [2.05, 4.69) is 0 Å². The maximum Gasteiger partial charge on any atom is 0.249 e. The summed E-state index contributed by atoms with van der Waals surface area (Å²) in [5, 5.41) is 9.43. The fourth-order valence-electron chi connectivity index (χ4n) is 7.73. The zero-order valence-corrected chi connectivity index (χ0v) is 22.7. The molecule has 5 atom stereocenters. The van der Waals surface area contributed by atoms with Crippen LogP contribution in [-0.2, 0) is 19.1 Å². The summed E-state index contributed by atoms with van der Waals surface area (Å²) in [5.41, 5.74) is -1.48. The molecule has 1 saturated carbocycles. The fourth-order valence-corrected chi connectivity index (χ4v) is 7.73. The van der Waals surface area contributed by atoms with Gasteiger partial charge in [0, 0.05) is 38.0 Å². The Morgan fingerprint density at radius 3 is 2.38 bits per heavy atom. The van der Waals surface area contributed by atoms with Crippen LogP contribution in [0.2, 0.25) is 0 Å². The van der Waals surface area contributed by atoms with Gasteiger partial charge in [-0.05, 0) is 44.7 Å². The number of carbonyl (C=O) groups excluding carboxylic acids is 3. The van der Waals surface area contributed by atoms with E-state index in [1.165, 1.54) is 6.42 Å². The van der Waals surface area contributed by atoms with Crippen LogP contribution in [0, 0.1) is 11.8 Å². The van der Waals surface area contributed by atoms with Crippen molar-refractivity contribution >= 4 is 23.4 Å². The molecule has 4 aliphatic heterocycles. The van der Waals surface area contributed by atoms with Gasteiger partial charge in [-0.3, -0.25) is 14.4 Å². The number of hydrogen-bond donors (Lipinski definition) is 1. The molecule has 1 unspecified atom stereocenters. The number of likely N-dealkylation sites (tertiary alicyclic amines) is 1. The van der Waals surface area contributed by atoms with E-state index >= 15 is 0 Å². The molecule has 208 valence electrons. The molecule has 8 heteroatoms. The number of nitrogens with zero attached hydrogens (tertiary/aromatic N) is 3. The molecular weight excluding hydrogens is 494 g/mol. The van der Waals surface area contributed by atoms with E-state index in [1.54, 1.807) is 9.80 Å². The van der Waals surface area contributed by atoms with Gasteiger partial charge in [0.2, 0.25) is 17.7 Å². The van der Waals surface area contributed by atoms with Gasteiger partial charge in [-0.2, -0.15) is 0 Å². The van der Waals surface area contributed by atoms with Gasteiger partial charge in [0.1, 0.15) is 11.6 Å². The molecule has 8 nitrogen and oxygen atoms in total.